The number of carbonyl (C=O) groups is 2. The van der Waals surface area contributed by atoms with E-state index in [-0.39, 0.29) is 24.8 Å². The molecular formula is C23H24NO5-. The number of carboxylic acids is 1. The fourth-order valence-corrected chi connectivity index (χ4v) is 3.25. The first kappa shape index (κ1) is 20.6. The Morgan fingerprint density at radius 3 is 2.59 bits per heavy atom. The predicted octanol–water partition coefficient (Wildman–Crippen LogP) is 2.70. The molecule has 152 valence electrons. The lowest BCUT2D eigenvalue weighted by Crippen LogP contribution is -2.44. The Morgan fingerprint density at radius 2 is 1.86 bits per heavy atom. The third-order valence-electron chi connectivity index (χ3n) is 4.91. The molecule has 0 aliphatic rings. The monoisotopic (exact) mass is 394 g/mol. The van der Waals surface area contributed by atoms with Crippen molar-refractivity contribution in [3.05, 3.63) is 71.7 Å². The quantitative estimate of drug-likeness (QED) is 0.561. The summed E-state index contributed by atoms with van der Waals surface area (Å²) in [5, 5.41) is 17.2. The summed E-state index contributed by atoms with van der Waals surface area (Å²) in [5.74, 6) is -2.07. The number of hydrogen-bond donors (Lipinski definition) is 1. The molecule has 2 aromatic carbocycles. The lowest BCUT2D eigenvalue weighted by molar-refractivity contribution is -0.312. The zero-order valence-corrected chi connectivity index (χ0v) is 16.5. The van der Waals surface area contributed by atoms with Gasteiger partial charge in [0.25, 0.3) is 0 Å². The number of carbonyl (C=O) groups excluding carboxylic acids is 2. The number of hydrogen-bond acceptors (Lipinski definition) is 6. The van der Waals surface area contributed by atoms with Crippen LogP contribution in [-0.4, -0.2) is 24.6 Å². The van der Waals surface area contributed by atoms with Crippen LogP contribution in [0.5, 0.6) is 0 Å². The molecule has 0 fully saturated rings. The first-order valence-electron chi connectivity index (χ1n) is 9.65. The van der Waals surface area contributed by atoms with Gasteiger partial charge in [0, 0.05) is 30.9 Å². The molecule has 0 aliphatic heterocycles. The number of furan rings is 1. The van der Waals surface area contributed by atoms with Crippen LogP contribution in [0.15, 0.2) is 59.0 Å². The highest BCUT2D eigenvalue weighted by Gasteiger charge is 2.22. The first-order valence-corrected chi connectivity index (χ1v) is 9.65. The van der Waals surface area contributed by atoms with Crippen molar-refractivity contribution in [1.29, 1.82) is 0 Å². The zero-order chi connectivity index (χ0) is 20.8. The van der Waals surface area contributed by atoms with Crippen LogP contribution in [0.1, 0.15) is 35.7 Å². The minimum absolute atomic E-state index is 0.0655. The van der Waals surface area contributed by atoms with E-state index in [1.807, 2.05) is 30.3 Å². The minimum atomic E-state index is -1.17. The number of carboxylic acid groups (broad SMARTS) is 1. The average molecular weight is 394 g/mol. The highest BCUT2D eigenvalue weighted by molar-refractivity contribution is 5.86. The van der Waals surface area contributed by atoms with E-state index >= 15 is 0 Å². The molecule has 1 aromatic heterocycles. The number of fused-ring (bicyclic) bond motifs is 1. The maximum atomic E-state index is 11.7. The number of esters is 1. The van der Waals surface area contributed by atoms with E-state index in [1.54, 1.807) is 19.9 Å². The van der Waals surface area contributed by atoms with Gasteiger partial charge in [-0.05, 0) is 48.4 Å². The van der Waals surface area contributed by atoms with Gasteiger partial charge in [0.05, 0.1) is 6.61 Å². The van der Waals surface area contributed by atoms with E-state index in [0.717, 1.165) is 16.3 Å². The van der Waals surface area contributed by atoms with Crippen LogP contribution < -0.4 is 10.4 Å². The van der Waals surface area contributed by atoms with Crippen molar-refractivity contribution >= 4 is 22.7 Å². The number of nitrogens with one attached hydrogen (secondary N) is 1. The Labute approximate surface area is 169 Å². The Hall–Kier alpha value is -3.12. The van der Waals surface area contributed by atoms with Gasteiger partial charge in [0.2, 0.25) is 5.76 Å². The van der Waals surface area contributed by atoms with E-state index in [1.165, 1.54) is 6.07 Å². The molecule has 0 radical (unpaired) electrons. The van der Waals surface area contributed by atoms with Crippen molar-refractivity contribution in [2.75, 3.05) is 6.61 Å². The van der Waals surface area contributed by atoms with Gasteiger partial charge in [-0.2, -0.15) is 0 Å². The third-order valence-corrected chi connectivity index (χ3v) is 4.91. The third kappa shape index (κ3) is 5.23. The van der Waals surface area contributed by atoms with Crippen molar-refractivity contribution in [1.82, 2.24) is 5.32 Å². The molecule has 6 heteroatoms. The molecule has 1 heterocycles. The summed E-state index contributed by atoms with van der Waals surface area (Å²) in [5.41, 5.74) is 1.07. The number of benzene rings is 2. The van der Waals surface area contributed by atoms with Gasteiger partial charge in [-0.3, -0.25) is 0 Å². The van der Waals surface area contributed by atoms with Crippen molar-refractivity contribution < 1.29 is 23.8 Å². The zero-order valence-electron chi connectivity index (χ0n) is 16.5. The highest BCUT2D eigenvalue weighted by Crippen LogP contribution is 2.18. The molecule has 0 aliphatic carbocycles. The van der Waals surface area contributed by atoms with Gasteiger partial charge in [-0.1, -0.05) is 36.4 Å². The molecule has 6 nitrogen and oxygen atoms in total. The molecule has 2 unspecified atom stereocenters. The van der Waals surface area contributed by atoms with Gasteiger partial charge in [0.15, 0.2) is 0 Å². The molecule has 1 N–H and O–H groups in total. The van der Waals surface area contributed by atoms with Crippen molar-refractivity contribution in [2.24, 2.45) is 5.92 Å². The van der Waals surface area contributed by atoms with E-state index in [9.17, 15) is 14.7 Å². The van der Waals surface area contributed by atoms with Gasteiger partial charge in [-0.25, -0.2) is 4.79 Å². The molecule has 3 aromatic rings. The second-order valence-corrected chi connectivity index (χ2v) is 6.97. The van der Waals surface area contributed by atoms with Crippen LogP contribution in [0.25, 0.3) is 10.8 Å². The molecule has 0 amide bonds. The number of ether oxygens (including phenoxy) is 1. The van der Waals surface area contributed by atoms with E-state index in [0.29, 0.717) is 12.3 Å². The van der Waals surface area contributed by atoms with Gasteiger partial charge >= 0.3 is 5.97 Å². The lowest BCUT2D eigenvalue weighted by Gasteiger charge is -2.25. The summed E-state index contributed by atoms with van der Waals surface area (Å²) in [7, 11) is 0. The first-order chi connectivity index (χ1) is 14.0. The molecule has 0 saturated carbocycles. The Morgan fingerprint density at radius 1 is 1.10 bits per heavy atom. The van der Waals surface area contributed by atoms with E-state index in [2.05, 4.69) is 17.4 Å². The summed E-state index contributed by atoms with van der Waals surface area (Å²) in [4.78, 5) is 23.4. The van der Waals surface area contributed by atoms with Crippen LogP contribution in [0.3, 0.4) is 0 Å². The summed E-state index contributed by atoms with van der Waals surface area (Å²) in [6.45, 7) is 4.28. The molecule has 2 atom stereocenters. The summed E-state index contributed by atoms with van der Waals surface area (Å²) < 4.78 is 10.3. The number of rotatable bonds is 9. The minimum Gasteiger partial charge on any atom is -0.550 e. The normalized spacial score (nSPS) is 13.2. The standard InChI is InChI=1S/C23H25NO5/c1-3-28-23(27)21-11-10-19(29-21)13-20(22(25)26)15(2)24-14-16-8-9-17-6-4-5-7-18(17)12-16/h4-12,15,20,24H,3,13-14H2,1-2H3,(H,25,26)/p-1. The smallest absolute Gasteiger partial charge is 0.374 e. The number of aliphatic carboxylic acids is 1. The Balaban J connectivity index is 1.63. The summed E-state index contributed by atoms with van der Waals surface area (Å²) in [6.07, 6.45) is 0.119. The van der Waals surface area contributed by atoms with E-state index < -0.39 is 17.9 Å². The summed E-state index contributed by atoms with van der Waals surface area (Å²) >= 11 is 0. The predicted molar refractivity (Wildman–Crippen MR) is 107 cm³/mol. The highest BCUT2D eigenvalue weighted by atomic mass is 16.5. The van der Waals surface area contributed by atoms with Crippen LogP contribution in [0, 0.1) is 5.92 Å². The second-order valence-electron chi connectivity index (χ2n) is 6.97. The van der Waals surface area contributed by atoms with E-state index in [4.69, 9.17) is 9.15 Å². The van der Waals surface area contributed by atoms with Crippen LogP contribution in [-0.2, 0) is 22.5 Å². The Kier molecular flexibility index (Phi) is 6.67. The van der Waals surface area contributed by atoms with Gasteiger partial charge in [-0.15, -0.1) is 0 Å². The molecule has 0 saturated heterocycles. The Bertz CT molecular complexity index is 994. The van der Waals surface area contributed by atoms with Crippen LogP contribution in [0.2, 0.25) is 0 Å². The van der Waals surface area contributed by atoms with Crippen molar-refractivity contribution in [3.63, 3.8) is 0 Å². The molecule has 0 spiro atoms. The van der Waals surface area contributed by atoms with Crippen molar-refractivity contribution in [3.8, 4) is 0 Å². The maximum Gasteiger partial charge on any atom is 0.374 e. The second kappa shape index (κ2) is 9.39. The SMILES string of the molecule is CCOC(=O)c1ccc(CC(C(=O)[O-])C(C)NCc2ccc3ccccc3c2)o1. The molecule has 0 bridgehead atoms. The largest absolute Gasteiger partial charge is 0.550 e. The van der Waals surface area contributed by atoms with Crippen LogP contribution >= 0.6 is 0 Å². The fourth-order valence-electron chi connectivity index (χ4n) is 3.25. The lowest BCUT2D eigenvalue weighted by atomic mass is 9.96. The average Bonchev–Trinajstić information content (AvgIpc) is 3.19. The fraction of sp³-hybridized carbons (Fsp3) is 0.304. The van der Waals surface area contributed by atoms with Gasteiger partial charge < -0.3 is 24.4 Å². The molecule has 3 rings (SSSR count). The molecule has 29 heavy (non-hydrogen) atoms. The summed E-state index contributed by atoms with van der Waals surface area (Å²) in [6, 6.07) is 17.0. The van der Waals surface area contributed by atoms with Crippen LogP contribution in [0.4, 0.5) is 0 Å². The molecular weight excluding hydrogens is 370 g/mol. The van der Waals surface area contributed by atoms with Gasteiger partial charge in [0.1, 0.15) is 5.76 Å². The van der Waals surface area contributed by atoms with Crippen molar-refractivity contribution in [2.45, 2.75) is 32.9 Å². The topological polar surface area (TPSA) is 91.6 Å². The maximum absolute atomic E-state index is 11.7.